The van der Waals surface area contributed by atoms with E-state index in [9.17, 15) is 0 Å². The van der Waals surface area contributed by atoms with Crippen molar-refractivity contribution in [1.82, 2.24) is 4.98 Å². The zero-order valence-electron chi connectivity index (χ0n) is 10.9. The summed E-state index contributed by atoms with van der Waals surface area (Å²) >= 11 is 2.01. The highest BCUT2D eigenvalue weighted by Crippen LogP contribution is 2.24. The van der Waals surface area contributed by atoms with Crippen molar-refractivity contribution in [1.29, 1.82) is 0 Å². The van der Waals surface area contributed by atoms with Gasteiger partial charge in [0.25, 0.3) is 0 Å². The molecule has 2 heterocycles. The number of hydrogen-bond donors (Lipinski definition) is 1. The van der Waals surface area contributed by atoms with Crippen LogP contribution in [0.1, 0.15) is 19.8 Å². The largest absolute Gasteiger partial charge is 0.476 e. The van der Waals surface area contributed by atoms with Crippen LogP contribution < -0.4 is 15.4 Å². The highest BCUT2D eigenvalue weighted by molar-refractivity contribution is 7.99. The number of aromatic nitrogens is 1. The van der Waals surface area contributed by atoms with Crippen molar-refractivity contribution in [2.45, 2.75) is 19.8 Å². The first-order chi connectivity index (χ1) is 8.81. The Morgan fingerprint density at radius 3 is 3.11 bits per heavy atom. The molecule has 1 aromatic heterocycles. The van der Waals surface area contributed by atoms with Crippen LogP contribution in [0.4, 0.5) is 11.5 Å². The molecule has 1 aliphatic heterocycles. The van der Waals surface area contributed by atoms with Crippen molar-refractivity contribution in [3.05, 3.63) is 12.1 Å². The van der Waals surface area contributed by atoms with E-state index in [0.29, 0.717) is 18.2 Å². The molecule has 2 rings (SSSR count). The molecule has 1 aliphatic rings. The molecule has 0 atom stereocenters. The highest BCUT2D eigenvalue weighted by atomic mass is 32.2. The molecule has 0 radical (unpaired) electrons. The number of rotatable bonds is 4. The average Bonchev–Trinajstić information content (AvgIpc) is 2.67. The van der Waals surface area contributed by atoms with E-state index in [2.05, 4.69) is 16.8 Å². The molecule has 0 aliphatic carbocycles. The first kappa shape index (κ1) is 13.3. The lowest BCUT2D eigenvalue weighted by atomic mass is 10.3. The van der Waals surface area contributed by atoms with E-state index < -0.39 is 0 Å². The Bertz CT molecular complexity index is 378. The van der Waals surface area contributed by atoms with Crippen LogP contribution in [0.25, 0.3) is 0 Å². The van der Waals surface area contributed by atoms with Crippen LogP contribution >= 0.6 is 11.8 Å². The Kier molecular flexibility index (Phi) is 4.99. The third kappa shape index (κ3) is 3.45. The lowest BCUT2D eigenvalue weighted by molar-refractivity contribution is 0.307. The number of thioether (sulfide) groups is 1. The van der Waals surface area contributed by atoms with Gasteiger partial charge in [-0.3, -0.25) is 0 Å². The summed E-state index contributed by atoms with van der Waals surface area (Å²) in [7, 11) is 0. The zero-order valence-corrected chi connectivity index (χ0v) is 11.7. The summed E-state index contributed by atoms with van der Waals surface area (Å²) in [5, 5.41) is 0. The van der Waals surface area contributed by atoms with E-state index >= 15 is 0 Å². The Hall–Kier alpha value is -1.10. The van der Waals surface area contributed by atoms with Crippen molar-refractivity contribution < 1.29 is 4.74 Å². The molecule has 0 saturated carbocycles. The van der Waals surface area contributed by atoms with Gasteiger partial charge in [-0.05, 0) is 30.7 Å². The van der Waals surface area contributed by atoms with Crippen molar-refractivity contribution in [2.75, 3.05) is 41.8 Å². The average molecular weight is 267 g/mol. The predicted molar refractivity (Wildman–Crippen MR) is 78.6 cm³/mol. The summed E-state index contributed by atoms with van der Waals surface area (Å²) in [6, 6.07) is 3.88. The fourth-order valence-corrected chi connectivity index (χ4v) is 2.79. The monoisotopic (exact) mass is 267 g/mol. The van der Waals surface area contributed by atoms with Crippen LogP contribution in [0, 0.1) is 0 Å². The van der Waals surface area contributed by atoms with Gasteiger partial charge in [-0.1, -0.05) is 6.92 Å². The van der Waals surface area contributed by atoms with Crippen LogP contribution in [0.3, 0.4) is 0 Å². The second kappa shape index (κ2) is 6.73. The Balaban J connectivity index is 2.11. The number of nitrogen functional groups attached to an aromatic ring is 1. The van der Waals surface area contributed by atoms with Crippen molar-refractivity contribution in [2.24, 2.45) is 0 Å². The van der Waals surface area contributed by atoms with Crippen LogP contribution in [-0.4, -0.2) is 36.2 Å². The predicted octanol–water partition coefficient (Wildman–Crippen LogP) is 2.40. The van der Waals surface area contributed by atoms with Gasteiger partial charge < -0.3 is 15.4 Å². The molecule has 0 bridgehead atoms. The minimum Gasteiger partial charge on any atom is -0.476 e. The third-order valence-corrected chi connectivity index (χ3v) is 3.91. The molecule has 0 amide bonds. The normalized spacial score (nSPS) is 16.4. The van der Waals surface area contributed by atoms with Gasteiger partial charge in [-0.25, -0.2) is 0 Å². The van der Waals surface area contributed by atoms with Gasteiger partial charge >= 0.3 is 0 Å². The summed E-state index contributed by atoms with van der Waals surface area (Å²) in [4.78, 5) is 6.86. The summed E-state index contributed by atoms with van der Waals surface area (Å²) < 4.78 is 5.58. The molecule has 0 aromatic carbocycles. The summed E-state index contributed by atoms with van der Waals surface area (Å²) in [6.07, 6.45) is 2.17. The van der Waals surface area contributed by atoms with Crippen LogP contribution in [-0.2, 0) is 0 Å². The lowest BCUT2D eigenvalue weighted by Gasteiger charge is -2.21. The molecule has 1 aromatic rings. The van der Waals surface area contributed by atoms with E-state index in [1.165, 1.54) is 12.2 Å². The minimum atomic E-state index is 0.575. The Labute approximate surface area is 113 Å². The smallest absolute Gasteiger partial charge is 0.239 e. The van der Waals surface area contributed by atoms with Crippen LogP contribution in [0.15, 0.2) is 12.1 Å². The molecular weight excluding hydrogens is 246 g/mol. The van der Waals surface area contributed by atoms with Gasteiger partial charge in [0.15, 0.2) is 0 Å². The summed E-state index contributed by atoms with van der Waals surface area (Å²) in [5.41, 5.74) is 6.50. The van der Waals surface area contributed by atoms with Gasteiger partial charge in [0, 0.05) is 18.8 Å². The molecule has 4 nitrogen and oxygen atoms in total. The Morgan fingerprint density at radius 2 is 2.28 bits per heavy atom. The van der Waals surface area contributed by atoms with Gasteiger partial charge in [-0.15, -0.1) is 0 Å². The number of nitrogens with zero attached hydrogens (tertiary/aromatic N) is 2. The highest BCUT2D eigenvalue weighted by Gasteiger charge is 2.13. The standard InChI is InChI=1S/C13H21N3OS/c1-2-8-17-13-11(14)4-5-12(15-13)16-6-3-9-18-10-7-16/h4-5H,2-3,6-10,14H2,1H3. The maximum absolute atomic E-state index is 5.88. The van der Waals surface area contributed by atoms with E-state index in [-0.39, 0.29) is 0 Å². The minimum absolute atomic E-state index is 0.575. The van der Waals surface area contributed by atoms with Crippen LogP contribution in [0.5, 0.6) is 5.88 Å². The fourth-order valence-electron chi connectivity index (χ4n) is 1.91. The molecular formula is C13H21N3OS. The van der Waals surface area contributed by atoms with Crippen molar-refractivity contribution >= 4 is 23.3 Å². The second-order valence-corrected chi connectivity index (χ2v) is 5.59. The zero-order chi connectivity index (χ0) is 12.8. The number of nitrogens with two attached hydrogens (primary N) is 1. The number of pyridine rings is 1. The summed E-state index contributed by atoms with van der Waals surface area (Å²) in [6.45, 7) is 4.86. The molecule has 1 fully saturated rings. The van der Waals surface area contributed by atoms with Gasteiger partial charge in [0.2, 0.25) is 5.88 Å². The van der Waals surface area contributed by atoms with Crippen molar-refractivity contribution in [3.63, 3.8) is 0 Å². The maximum atomic E-state index is 5.88. The first-order valence-electron chi connectivity index (χ1n) is 6.53. The number of hydrogen-bond acceptors (Lipinski definition) is 5. The van der Waals surface area contributed by atoms with Gasteiger partial charge in [-0.2, -0.15) is 16.7 Å². The van der Waals surface area contributed by atoms with E-state index in [1.54, 1.807) is 0 Å². The van der Waals surface area contributed by atoms with Crippen LogP contribution in [0.2, 0.25) is 0 Å². The first-order valence-corrected chi connectivity index (χ1v) is 7.68. The van der Waals surface area contributed by atoms with E-state index in [4.69, 9.17) is 10.5 Å². The van der Waals surface area contributed by atoms with Crippen molar-refractivity contribution in [3.8, 4) is 5.88 Å². The lowest BCUT2D eigenvalue weighted by Crippen LogP contribution is -2.26. The SMILES string of the molecule is CCCOc1nc(N2CCCSCC2)ccc1N. The maximum Gasteiger partial charge on any atom is 0.239 e. The van der Waals surface area contributed by atoms with E-state index in [0.717, 1.165) is 31.1 Å². The Morgan fingerprint density at radius 1 is 1.39 bits per heavy atom. The molecule has 0 unspecified atom stereocenters. The molecule has 1 saturated heterocycles. The third-order valence-electron chi connectivity index (χ3n) is 2.86. The summed E-state index contributed by atoms with van der Waals surface area (Å²) in [5.74, 6) is 3.96. The quantitative estimate of drug-likeness (QED) is 0.908. The molecule has 2 N–H and O–H groups in total. The molecule has 100 valence electrons. The second-order valence-electron chi connectivity index (χ2n) is 4.37. The fraction of sp³-hybridized carbons (Fsp3) is 0.615. The molecule has 5 heteroatoms. The molecule has 0 spiro atoms. The number of anilines is 2. The van der Waals surface area contributed by atoms with Gasteiger partial charge in [0.1, 0.15) is 5.82 Å². The topological polar surface area (TPSA) is 51.4 Å². The molecule has 18 heavy (non-hydrogen) atoms. The number of ether oxygens (including phenoxy) is 1. The van der Waals surface area contributed by atoms with E-state index in [1.807, 2.05) is 23.9 Å². The van der Waals surface area contributed by atoms with Gasteiger partial charge in [0.05, 0.1) is 12.3 Å².